The van der Waals surface area contributed by atoms with E-state index in [0.717, 1.165) is 38.9 Å². The van der Waals surface area contributed by atoms with Crippen molar-refractivity contribution in [2.24, 2.45) is 10.9 Å². The number of aliphatic carboxylic acids is 1. The van der Waals surface area contributed by atoms with Crippen molar-refractivity contribution in [3.8, 4) is 0 Å². The molecule has 2 heterocycles. The van der Waals surface area contributed by atoms with Gasteiger partial charge in [0.2, 0.25) is 0 Å². The Balaban J connectivity index is 0.000000541. The highest BCUT2D eigenvalue weighted by Crippen LogP contribution is 2.41. The molecular formula is C32H32F5N3O3. The van der Waals surface area contributed by atoms with E-state index in [1.807, 2.05) is 13.0 Å². The molecule has 11 heteroatoms. The Labute approximate surface area is 246 Å². The second-order valence-corrected chi connectivity index (χ2v) is 10.6. The number of rotatable bonds is 7. The summed E-state index contributed by atoms with van der Waals surface area (Å²) in [6.07, 6.45) is -2.00. The quantitative estimate of drug-likeness (QED) is 0.335. The number of piperidine rings is 1. The second-order valence-electron chi connectivity index (χ2n) is 10.6. The first-order valence-corrected chi connectivity index (χ1v) is 13.9. The first-order valence-electron chi connectivity index (χ1n) is 13.9. The van der Waals surface area contributed by atoms with Gasteiger partial charge in [0.15, 0.2) is 5.54 Å². The fourth-order valence-corrected chi connectivity index (χ4v) is 5.42. The molecule has 5 rings (SSSR count). The number of carboxylic acids is 1. The zero-order valence-corrected chi connectivity index (χ0v) is 23.5. The number of alkyl halides is 3. The number of amides is 1. The summed E-state index contributed by atoms with van der Waals surface area (Å²) < 4.78 is 59.2. The first-order chi connectivity index (χ1) is 20.4. The number of carbonyl (C=O) groups excluding carboxylic acids is 1. The van der Waals surface area contributed by atoms with Crippen LogP contribution in [0.3, 0.4) is 0 Å². The Kier molecular flexibility index (Phi) is 9.95. The number of hydrogen-bond donors (Lipinski definition) is 1. The van der Waals surface area contributed by atoms with Crippen molar-refractivity contribution in [2.45, 2.75) is 37.9 Å². The second kappa shape index (κ2) is 13.5. The molecule has 0 spiro atoms. The van der Waals surface area contributed by atoms with Crippen LogP contribution in [-0.2, 0) is 21.5 Å². The first kappa shape index (κ1) is 31.8. The summed E-state index contributed by atoms with van der Waals surface area (Å²) in [6, 6.07) is 22.3. The van der Waals surface area contributed by atoms with Crippen molar-refractivity contribution in [2.75, 3.05) is 26.2 Å². The number of hydrogen-bond acceptors (Lipinski definition) is 4. The van der Waals surface area contributed by atoms with Crippen molar-refractivity contribution >= 4 is 17.7 Å². The average Bonchev–Trinajstić information content (AvgIpc) is 3.23. The summed E-state index contributed by atoms with van der Waals surface area (Å²) in [6.45, 7) is 5.51. The van der Waals surface area contributed by atoms with Crippen molar-refractivity contribution in [3.63, 3.8) is 0 Å². The molecule has 1 fully saturated rings. The molecule has 0 unspecified atom stereocenters. The molecule has 43 heavy (non-hydrogen) atoms. The summed E-state index contributed by atoms with van der Waals surface area (Å²) in [5, 5.41) is 7.12. The number of carbonyl (C=O) groups is 2. The van der Waals surface area contributed by atoms with Crippen LogP contribution in [0.1, 0.15) is 36.5 Å². The van der Waals surface area contributed by atoms with Crippen molar-refractivity contribution in [1.29, 1.82) is 0 Å². The van der Waals surface area contributed by atoms with Gasteiger partial charge in [0.25, 0.3) is 5.91 Å². The fourth-order valence-electron chi connectivity index (χ4n) is 5.42. The lowest BCUT2D eigenvalue weighted by Gasteiger charge is -2.34. The van der Waals surface area contributed by atoms with E-state index in [9.17, 15) is 26.7 Å². The van der Waals surface area contributed by atoms with Crippen LogP contribution in [0, 0.1) is 17.6 Å². The summed E-state index contributed by atoms with van der Waals surface area (Å²) in [5.41, 5.74) is 1.19. The topological polar surface area (TPSA) is 73.2 Å². The van der Waals surface area contributed by atoms with Crippen LogP contribution >= 0.6 is 0 Å². The highest BCUT2D eigenvalue weighted by Gasteiger charge is 2.50. The largest absolute Gasteiger partial charge is 0.490 e. The van der Waals surface area contributed by atoms with Gasteiger partial charge in [0.05, 0.1) is 0 Å². The van der Waals surface area contributed by atoms with Crippen LogP contribution in [-0.4, -0.2) is 65.0 Å². The third-order valence-electron chi connectivity index (χ3n) is 7.75. The minimum Gasteiger partial charge on any atom is -0.475 e. The summed E-state index contributed by atoms with van der Waals surface area (Å²) in [4.78, 5) is 32.1. The van der Waals surface area contributed by atoms with Crippen LogP contribution in [0.25, 0.3) is 0 Å². The maximum Gasteiger partial charge on any atom is 0.490 e. The number of halogens is 5. The molecule has 0 radical (unpaired) electrons. The van der Waals surface area contributed by atoms with Crippen molar-refractivity contribution < 1.29 is 36.6 Å². The van der Waals surface area contributed by atoms with E-state index in [0.29, 0.717) is 29.4 Å². The highest BCUT2D eigenvalue weighted by atomic mass is 19.4. The summed E-state index contributed by atoms with van der Waals surface area (Å²) >= 11 is 0. The number of aliphatic imine (C=N–C) groups is 1. The zero-order valence-electron chi connectivity index (χ0n) is 23.5. The van der Waals surface area contributed by atoms with E-state index >= 15 is 0 Å². The zero-order chi connectivity index (χ0) is 31.2. The van der Waals surface area contributed by atoms with E-state index in [1.165, 1.54) is 29.8 Å². The lowest BCUT2D eigenvalue weighted by Crippen LogP contribution is -2.45. The third-order valence-corrected chi connectivity index (χ3v) is 7.75. The number of benzene rings is 3. The van der Waals surface area contributed by atoms with Gasteiger partial charge in [-0.15, -0.1) is 0 Å². The van der Waals surface area contributed by atoms with Gasteiger partial charge < -0.3 is 10.0 Å². The molecule has 2 aliphatic rings. The molecule has 1 saturated heterocycles. The monoisotopic (exact) mass is 601 g/mol. The lowest BCUT2D eigenvalue weighted by molar-refractivity contribution is -0.192. The molecule has 228 valence electrons. The van der Waals surface area contributed by atoms with E-state index in [-0.39, 0.29) is 17.5 Å². The van der Waals surface area contributed by atoms with E-state index in [4.69, 9.17) is 14.9 Å². The molecule has 2 aliphatic heterocycles. The van der Waals surface area contributed by atoms with Gasteiger partial charge in [-0.25, -0.2) is 18.6 Å². The van der Waals surface area contributed by atoms with Gasteiger partial charge in [0.1, 0.15) is 17.5 Å². The Morgan fingerprint density at radius 3 is 1.86 bits per heavy atom. The van der Waals surface area contributed by atoms with Gasteiger partial charge in [-0.05, 0) is 86.1 Å². The van der Waals surface area contributed by atoms with Gasteiger partial charge >= 0.3 is 12.1 Å². The fraction of sp³-hybridized carbons (Fsp3) is 0.344. The van der Waals surface area contributed by atoms with E-state index in [2.05, 4.69) is 29.2 Å². The van der Waals surface area contributed by atoms with Crippen LogP contribution < -0.4 is 0 Å². The van der Waals surface area contributed by atoms with E-state index < -0.39 is 17.7 Å². The summed E-state index contributed by atoms with van der Waals surface area (Å²) in [7, 11) is 0. The molecule has 3 aromatic carbocycles. The normalized spacial score (nSPS) is 17.3. The van der Waals surface area contributed by atoms with E-state index in [1.54, 1.807) is 29.2 Å². The van der Waals surface area contributed by atoms with Crippen molar-refractivity contribution in [3.05, 3.63) is 107 Å². The average molecular weight is 602 g/mol. The predicted octanol–water partition coefficient (Wildman–Crippen LogP) is 6.06. The molecule has 1 N–H and O–H groups in total. The van der Waals surface area contributed by atoms with Gasteiger partial charge in [-0.3, -0.25) is 9.69 Å². The van der Waals surface area contributed by atoms with Gasteiger partial charge in [-0.2, -0.15) is 13.2 Å². The molecule has 0 atom stereocenters. The molecular weight excluding hydrogens is 569 g/mol. The summed E-state index contributed by atoms with van der Waals surface area (Å²) in [5.74, 6) is -2.66. The number of carboxylic acid groups (broad SMARTS) is 1. The molecule has 0 bridgehead atoms. The van der Waals surface area contributed by atoms with Gasteiger partial charge in [0, 0.05) is 13.1 Å². The molecule has 0 aromatic heterocycles. The highest BCUT2D eigenvalue weighted by molar-refractivity contribution is 6.09. The predicted molar refractivity (Wildman–Crippen MR) is 151 cm³/mol. The molecule has 0 aliphatic carbocycles. The van der Waals surface area contributed by atoms with Crippen LogP contribution in [0.4, 0.5) is 22.0 Å². The molecule has 1 amide bonds. The Hall–Kier alpha value is -4.12. The molecule has 0 saturated carbocycles. The maximum atomic E-state index is 14.0. The lowest BCUT2D eigenvalue weighted by atomic mass is 9.82. The Morgan fingerprint density at radius 2 is 1.40 bits per heavy atom. The smallest absolute Gasteiger partial charge is 0.475 e. The number of nitrogens with zero attached hydrogens (tertiary/aromatic N) is 3. The van der Waals surface area contributed by atoms with Crippen LogP contribution in [0.15, 0.2) is 83.9 Å². The maximum absolute atomic E-state index is 14.0. The molecule has 6 nitrogen and oxygen atoms in total. The number of likely N-dealkylation sites (tertiary alicyclic amines) is 1. The van der Waals surface area contributed by atoms with Crippen LogP contribution in [0.2, 0.25) is 0 Å². The molecule has 3 aromatic rings. The standard InChI is InChI=1S/C30H31F2N3O.C2HF3O2/c1-22-33-30(25-7-11-27(31)12-8-25,26-9-13-28(32)14-10-26)29(36)35(22)21-24-16-19-34(20-17-24)18-15-23-5-3-2-4-6-23;3-2(4,5)1(6)7/h2-14,24H,15-21H2,1H3;(H,6,7). The number of amidine groups is 1. The minimum absolute atomic E-state index is 0.162. The third kappa shape index (κ3) is 7.64. The van der Waals surface area contributed by atoms with Crippen molar-refractivity contribution in [1.82, 2.24) is 9.80 Å². The SMILES string of the molecule is CC1=NC(c2ccc(F)cc2)(c2ccc(F)cc2)C(=O)N1CC1CCN(CCc2ccccc2)CC1.O=C(O)C(F)(F)F. The van der Waals surface area contributed by atoms with Gasteiger partial charge in [-0.1, -0.05) is 54.6 Å². The minimum atomic E-state index is -5.08. The Bertz CT molecular complexity index is 1370. The Morgan fingerprint density at radius 1 is 0.907 bits per heavy atom. The van der Waals surface area contributed by atoms with Crippen LogP contribution in [0.5, 0.6) is 0 Å².